The first-order chi connectivity index (χ1) is 10.1. The molecule has 0 radical (unpaired) electrons. The van der Waals surface area contributed by atoms with Crippen LogP contribution in [0.1, 0.15) is 17.0 Å². The van der Waals surface area contributed by atoms with Gasteiger partial charge in [0.2, 0.25) is 0 Å². The van der Waals surface area contributed by atoms with Crippen molar-refractivity contribution in [1.82, 2.24) is 0 Å². The molecule has 0 aliphatic heterocycles. The lowest BCUT2D eigenvalue weighted by atomic mass is 9.86. The second kappa shape index (κ2) is 5.36. The van der Waals surface area contributed by atoms with Gasteiger partial charge in [0.15, 0.2) is 46.9 Å². The second-order valence-electron chi connectivity index (χ2n) is 4.50. The van der Waals surface area contributed by atoms with Crippen LogP contribution in [0.5, 0.6) is 0 Å². The molecule has 2 unspecified atom stereocenters. The smallest absolute Gasteiger partial charge is 0.196 e. The normalized spacial score (nSPS) is 22.6. The van der Waals surface area contributed by atoms with E-state index < -0.39 is 69.8 Å². The van der Waals surface area contributed by atoms with Gasteiger partial charge in [0, 0.05) is 11.1 Å². The average Bonchev–Trinajstić information content (AvgIpc) is 2.50. The molecule has 2 rings (SSSR count). The molecule has 2 atom stereocenters. The van der Waals surface area contributed by atoms with E-state index in [4.69, 9.17) is 0 Å². The summed E-state index contributed by atoms with van der Waals surface area (Å²) in [6.45, 7) is 0.640. The Balaban J connectivity index is 2.79. The molecule has 1 aliphatic carbocycles. The van der Waals surface area contributed by atoms with E-state index in [1.54, 1.807) is 0 Å². The lowest BCUT2D eigenvalue weighted by molar-refractivity contribution is 0.237. The van der Waals surface area contributed by atoms with Crippen LogP contribution in [-0.4, -0.2) is 6.17 Å². The maximum Gasteiger partial charge on any atom is 0.196 e. The Morgan fingerprint density at radius 3 is 1.50 bits per heavy atom. The van der Waals surface area contributed by atoms with Gasteiger partial charge in [-0.1, -0.05) is 0 Å². The molecular weight excluding hydrogens is 327 g/mol. The molecule has 1 aliphatic rings. The fourth-order valence-corrected chi connectivity index (χ4v) is 2.05. The molecule has 0 spiro atoms. The fourth-order valence-electron chi connectivity index (χ4n) is 2.05. The number of hydrogen-bond donors (Lipinski definition) is 0. The zero-order valence-corrected chi connectivity index (χ0v) is 10.6. The van der Waals surface area contributed by atoms with E-state index in [0.29, 0.717) is 6.92 Å². The van der Waals surface area contributed by atoms with Crippen molar-refractivity contribution in [2.45, 2.75) is 19.0 Å². The molecule has 0 bridgehead atoms. The number of rotatable bonds is 1. The Labute approximate surface area is 117 Å². The van der Waals surface area contributed by atoms with Gasteiger partial charge in [-0.05, 0) is 6.92 Å². The van der Waals surface area contributed by atoms with Crippen molar-refractivity contribution in [3.8, 4) is 0 Å². The molecule has 0 saturated heterocycles. The summed E-state index contributed by atoms with van der Waals surface area (Å²) in [6.07, 6.45) is -3.38. The Morgan fingerprint density at radius 1 is 0.636 bits per heavy atom. The molecule has 0 fully saturated rings. The number of hydrogen-bond acceptors (Lipinski definition) is 0. The van der Waals surface area contributed by atoms with E-state index in [2.05, 4.69) is 0 Å². The molecule has 120 valence electrons. The van der Waals surface area contributed by atoms with Crippen LogP contribution in [0, 0.1) is 30.2 Å². The molecule has 1 aromatic rings. The number of halogens is 9. The van der Waals surface area contributed by atoms with Gasteiger partial charge in [-0.3, -0.25) is 0 Å². The predicted octanol–water partition coefficient (Wildman–Crippen LogP) is 5.29. The molecule has 0 nitrogen and oxygen atoms in total. The van der Waals surface area contributed by atoms with Crippen LogP contribution in [0.4, 0.5) is 39.5 Å². The molecule has 0 saturated carbocycles. The van der Waals surface area contributed by atoms with Crippen molar-refractivity contribution in [2.75, 3.05) is 0 Å². The van der Waals surface area contributed by atoms with E-state index in [-0.39, 0.29) is 0 Å². The van der Waals surface area contributed by atoms with Crippen molar-refractivity contribution in [3.05, 3.63) is 57.7 Å². The van der Waals surface area contributed by atoms with Crippen LogP contribution in [0.15, 0.2) is 23.3 Å². The first kappa shape index (κ1) is 16.4. The summed E-state index contributed by atoms with van der Waals surface area (Å²) in [4.78, 5) is 0. The standard InChI is InChI=1S/C13H5F9/c1-2-5(14)7(16)3(8(17)6(2)15)4-9(18)11(20)13(22)12(21)10(4)19/h4,9H,1H3. The van der Waals surface area contributed by atoms with Crippen LogP contribution >= 0.6 is 0 Å². The van der Waals surface area contributed by atoms with Gasteiger partial charge in [-0.15, -0.1) is 0 Å². The highest BCUT2D eigenvalue weighted by atomic mass is 19.2. The van der Waals surface area contributed by atoms with E-state index >= 15 is 0 Å². The van der Waals surface area contributed by atoms with E-state index in [0.717, 1.165) is 0 Å². The van der Waals surface area contributed by atoms with Gasteiger partial charge in [-0.2, -0.15) is 0 Å². The summed E-state index contributed by atoms with van der Waals surface area (Å²) in [6, 6.07) is 0. The minimum absolute atomic E-state index is 0.640. The van der Waals surface area contributed by atoms with Crippen LogP contribution in [0.25, 0.3) is 0 Å². The van der Waals surface area contributed by atoms with Gasteiger partial charge >= 0.3 is 0 Å². The van der Waals surface area contributed by atoms with Crippen LogP contribution < -0.4 is 0 Å². The summed E-state index contributed by atoms with van der Waals surface area (Å²) in [7, 11) is 0. The highest BCUT2D eigenvalue weighted by Crippen LogP contribution is 2.46. The number of alkyl halides is 1. The molecule has 1 aromatic carbocycles. The summed E-state index contributed by atoms with van der Waals surface area (Å²) in [5.74, 6) is -21.4. The second-order valence-corrected chi connectivity index (χ2v) is 4.50. The fraction of sp³-hybridized carbons (Fsp3) is 0.231. The van der Waals surface area contributed by atoms with Crippen molar-refractivity contribution >= 4 is 0 Å². The van der Waals surface area contributed by atoms with Gasteiger partial charge in [0.1, 0.15) is 5.83 Å². The maximum atomic E-state index is 13.7. The van der Waals surface area contributed by atoms with Crippen LogP contribution in [0.3, 0.4) is 0 Å². The van der Waals surface area contributed by atoms with Crippen molar-refractivity contribution in [1.29, 1.82) is 0 Å². The van der Waals surface area contributed by atoms with Crippen LogP contribution in [-0.2, 0) is 0 Å². The quantitative estimate of drug-likeness (QED) is 0.484. The lowest BCUT2D eigenvalue weighted by Gasteiger charge is -2.24. The minimum Gasteiger partial charge on any atom is -0.238 e. The lowest BCUT2D eigenvalue weighted by Crippen LogP contribution is -2.24. The Hall–Kier alpha value is -1.93. The summed E-state index contributed by atoms with van der Waals surface area (Å²) < 4.78 is 120. The predicted molar refractivity (Wildman–Crippen MR) is 57.1 cm³/mol. The Kier molecular flexibility index (Phi) is 4.01. The van der Waals surface area contributed by atoms with Crippen molar-refractivity contribution in [3.63, 3.8) is 0 Å². The summed E-state index contributed by atoms with van der Waals surface area (Å²) in [5, 5.41) is 0. The zero-order valence-electron chi connectivity index (χ0n) is 10.6. The Morgan fingerprint density at radius 2 is 1.05 bits per heavy atom. The highest BCUT2D eigenvalue weighted by Gasteiger charge is 2.45. The Bertz CT molecular complexity index is 688. The third kappa shape index (κ3) is 2.10. The molecule has 0 N–H and O–H groups in total. The largest absolute Gasteiger partial charge is 0.238 e. The SMILES string of the molecule is Cc1c(F)c(F)c(C2C(F)=C(F)C(F)=C(F)C2F)c(F)c1F. The van der Waals surface area contributed by atoms with Gasteiger partial charge < -0.3 is 0 Å². The molecule has 0 heterocycles. The van der Waals surface area contributed by atoms with Gasteiger partial charge in [0.05, 0.1) is 5.92 Å². The maximum absolute atomic E-state index is 13.7. The third-order valence-electron chi connectivity index (χ3n) is 3.25. The molecule has 9 heteroatoms. The third-order valence-corrected chi connectivity index (χ3v) is 3.25. The monoisotopic (exact) mass is 332 g/mol. The minimum atomic E-state index is -3.38. The molecule has 0 amide bonds. The molecular formula is C13H5F9. The first-order valence-electron chi connectivity index (χ1n) is 5.68. The van der Waals surface area contributed by atoms with E-state index in [9.17, 15) is 39.5 Å². The average molecular weight is 332 g/mol. The number of benzene rings is 1. The summed E-state index contributed by atoms with van der Waals surface area (Å²) in [5.41, 5.74) is -3.03. The van der Waals surface area contributed by atoms with Crippen LogP contribution in [0.2, 0.25) is 0 Å². The van der Waals surface area contributed by atoms with Crippen molar-refractivity contribution in [2.24, 2.45) is 0 Å². The van der Waals surface area contributed by atoms with Crippen molar-refractivity contribution < 1.29 is 39.5 Å². The zero-order chi connectivity index (χ0) is 16.9. The van der Waals surface area contributed by atoms with E-state index in [1.807, 2.05) is 0 Å². The summed E-state index contributed by atoms with van der Waals surface area (Å²) >= 11 is 0. The first-order valence-corrected chi connectivity index (χ1v) is 5.68. The highest BCUT2D eigenvalue weighted by molar-refractivity contribution is 5.44. The van der Waals surface area contributed by atoms with E-state index in [1.165, 1.54) is 0 Å². The van der Waals surface area contributed by atoms with Gasteiger partial charge in [-0.25, -0.2) is 39.5 Å². The number of allylic oxidation sites excluding steroid dienone is 4. The molecule has 0 aromatic heterocycles. The molecule has 22 heavy (non-hydrogen) atoms. The van der Waals surface area contributed by atoms with Gasteiger partial charge in [0.25, 0.3) is 0 Å². The topological polar surface area (TPSA) is 0 Å².